The first kappa shape index (κ1) is 16.1. The second kappa shape index (κ2) is 6.23. The lowest BCUT2D eigenvalue weighted by atomic mass is 9.89. The first-order chi connectivity index (χ1) is 10.4. The minimum Gasteiger partial charge on any atom is -0.484 e. The quantitative estimate of drug-likeness (QED) is 0.351. The van der Waals surface area contributed by atoms with Gasteiger partial charge in [-0.2, -0.15) is 0 Å². The molecule has 0 saturated carbocycles. The van der Waals surface area contributed by atoms with E-state index >= 15 is 0 Å². The third-order valence-corrected chi connectivity index (χ3v) is 4.26. The number of β-lactam (4-membered cyclic amide) rings is 1. The minimum atomic E-state index is -1.21. The van der Waals surface area contributed by atoms with Crippen molar-refractivity contribution < 1.29 is 19.1 Å². The number of amides is 3. The van der Waals surface area contributed by atoms with Crippen LogP contribution in [0.4, 0.5) is 0 Å². The van der Waals surface area contributed by atoms with E-state index in [-0.39, 0.29) is 6.61 Å². The zero-order valence-corrected chi connectivity index (χ0v) is 12.9. The van der Waals surface area contributed by atoms with Gasteiger partial charge in [0.2, 0.25) is 6.41 Å². The van der Waals surface area contributed by atoms with Crippen LogP contribution in [0.5, 0.6) is 5.75 Å². The Hall–Kier alpha value is -2.28. The number of thiol groups is 1. The molecule has 1 heterocycles. The summed E-state index contributed by atoms with van der Waals surface area (Å²) in [6.45, 7) is 5.11. The first-order valence-electron chi connectivity index (χ1n) is 6.55. The summed E-state index contributed by atoms with van der Waals surface area (Å²) in [4.78, 5) is 34.4. The molecule has 7 heteroatoms. The fraction of sp³-hybridized carbons (Fsp3) is 0.267. The van der Waals surface area contributed by atoms with E-state index in [1.807, 2.05) is 6.07 Å². The number of likely N-dealkylation sites (tertiary alicyclic amines) is 1. The molecule has 0 radical (unpaired) electrons. The van der Waals surface area contributed by atoms with Crippen molar-refractivity contribution in [2.24, 2.45) is 0 Å². The molecule has 1 aliphatic rings. The van der Waals surface area contributed by atoms with Crippen molar-refractivity contribution >= 4 is 30.9 Å². The molecule has 116 valence electrons. The maximum atomic E-state index is 11.9. The highest BCUT2D eigenvalue weighted by Gasteiger charge is 2.59. The van der Waals surface area contributed by atoms with Gasteiger partial charge in [0.05, 0.1) is 0 Å². The van der Waals surface area contributed by atoms with Crippen LogP contribution in [0.3, 0.4) is 0 Å². The third-order valence-electron chi connectivity index (χ3n) is 3.41. The maximum absolute atomic E-state index is 11.9. The highest BCUT2D eigenvalue weighted by Crippen LogP contribution is 2.40. The van der Waals surface area contributed by atoms with Gasteiger partial charge in [0, 0.05) is 0 Å². The van der Waals surface area contributed by atoms with Gasteiger partial charge in [-0.05, 0) is 24.6 Å². The van der Waals surface area contributed by atoms with Gasteiger partial charge in [-0.15, -0.1) is 12.6 Å². The molecule has 0 aliphatic carbocycles. The fourth-order valence-corrected chi connectivity index (χ4v) is 2.49. The number of carbonyl (C=O) groups excluding carboxylic acids is 3. The zero-order valence-electron chi connectivity index (χ0n) is 12.0. The topological polar surface area (TPSA) is 75.7 Å². The summed E-state index contributed by atoms with van der Waals surface area (Å²) in [6, 6.07) is 7.88. The standard InChI is InChI=1S/C15H16N2O4S/c1-10(2)15(22)13(14(20)17(15)9-18)16-12(19)8-21-11-6-4-3-5-7-11/h3-7,9,13,22H,1,8H2,2H3,(H,16,19). The molecule has 1 aromatic carbocycles. The molecular weight excluding hydrogens is 304 g/mol. The van der Waals surface area contributed by atoms with Gasteiger partial charge in [0.25, 0.3) is 11.8 Å². The van der Waals surface area contributed by atoms with Crippen LogP contribution in [0.15, 0.2) is 42.5 Å². The van der Waals surface area contributed by atoms with E-state index in [1.54, 1.807) is 31.2 Å². The number of hydrogen-bond acceptors (Lipinski definition) is 5. The molecule has 0 bridgehead atoms. The zero-order chi connectivity index (χ0) is 16.3. The van der Waals surface area contributed by atoms with Crippen molar-refractivity contribution in [2.45, 2.75) is 17.8 Å². The molecule has 1 N–H and O–H groups in total. The summed E-state index contributed by atoms with van der Waals surface area (Å²) < 4.78 is 5.30. The van der Waals surface area contributed by atoms with E-state index in [1.165, 1.54) is 0 Å². The summed E-state index contributed by atoms with van der Waals surface area (Å²) in [5.41, 5.74) is 0.483. The SMILES string of the molecule is C=C(C)C1(S)C(NC(=O)COc2ccccc2)C(=O)N1C=O. The summed E-state index contributed by atoms with van der Waals surface area (Å²) in [6.07, 6.45) is 0.382. The summed E-state index contributed by atoms with van der Waals surface area (Å²) in [5, 5.41) is 2.52. The molecule has 1 aromatic rings. The molecule has 1 aliphatic heterocycles. The monoisotopic (exact) mass is 320 g/mol. The van der Waals surface area contributed by atoms with Crippen LogP contribution >= 0.6 is 12.6 Å². The van der Waals surface area contributed by atoms with Gasteiger partial charge in [-0.25, -0.2) is 0 Å². The Morgan fingerprint density at radius 3 is 2.68 bits per heavy atom. The predicted octanol–water partition coefficient (Wildman–Crippen LogP) is 0.751. The number of hydrogen-bond donors (Lipinski definition) is 2. The second-order valence-corrected chi connectivity index (χ2v) is 5.60. The third kappa shape index (κ3) is 2.71. The second-order valence-electron chi connectivity index (χ2n) is 4.92. The Morgan fingerprint density at radius 2 is 2.14 bits per heavy atom. The van der Waals surface area contributed by atoms with Crippen molar-refractivity contribution in [3.8, 4) is 5.75 Å². The number of imide groups is 1. The minimum absolute atomic E-state index is 0.241. The van der Waals surface area contributed by atoms with Crippen molar-refractivity contribution in [1.82, 2.24) is 10.2 Å². The van der Waals surface area contributed by atoms with Crippen LogP contribution in [0, 0.1) is 0 Å². The predicted molar refractivity (Wildman–Crippen MR) is 83.3 cm³/mol. The van der Waals surface area contributed by atoms with E-state index < -0.39 is 22.7 Å². The molecule has 0 aromatic heterocycles. The lowest BCUT2D eigenvalue weighted by Crippen LogP contribution is -2.76. The van der Waals surface area contributed by atoms with Crippen LogP contribution < -0.4 is 10.1 Å². The van der Waals surface area contributed by atoms with E-state index in [0.717, 1.165) is 4.90 Å². The molecule has 22 heavy (non-hydrogen) atoms. The highest BCUT2D eigenvalue weighted by atomic mass is 32.1. The van der Waals surface area contributed by atoms with Gasteiger partial charge in [0.15, 0.2) is 6.61 Å². The van der Waals surface area contributed by atoms with Crippen LogP contribution in [-0.2, 0) is 14.4 Å². The highest BCUT2D eigenvalue weighted by molar-refractivity contribution is 7.82. The number of para-hydroxylation sites is 1. The van der Waals surface area contributed by atoms with E-state index in [9.17, 15) is 14.4 Å². The molecule has 0 spiro atoms. The Balaban J connectivity index is 1.97. The smallest absolute Gasteiger partial charge is 0.258 e. The van der Waals surface area contributed by atoms with E-state index in [2.05, 4.69) is 24.5 Å². The van der Waals surface area contributed by atoms with E-state index in [4.69, 9.17) is 4.74 Å². The van der Waals surface area contributed by atoms with Gasteiger partial charge < -0.3 is 10.1 Å². The van der Waals surface area contributed by atoms with Crippen molar-refractivity contribution in [2.75, 3.05) is 6.61 Å². The van der Waals surface area contributed by atoms with Crippen LogP contribution in [-0.4, -0.2) is 40.6 Å². The van der Waals surface area contributed by atoms with Crippen molar-refractivity contribution in [1.29, 1.82) is 0 Å². The van der Waals surface area contributed by atoms with Gasteiger partial charge in [-0.1, -0.05) is 24.8 Å². The van der Waals surface area contributed by atoms with Crippen molar-refractivity contribution in [3.63, 3.8) is 0 Å². The molecule has 1 saturated heterocycles. The Morgan fingerprint density at radius 1 is 1.50 bits per heavy atom. The number of rotatable bonds is 6. The number of carbonyl (C=O) groups is 3. The summed E-state index contributed by atoms with van der Waals surface area (Å²) in [7, 11) is 0. The Labute approximate surface area is 133 Å². The molecule has 2 unspecified atom stereocenters. The molecule has 3 amide bonds. The molecular formula is C15H16N2O4S. The van der Waals surface area contributed by atoms with Gasteiger partial charge in [0.1, 0.15) is 16.7 Å². The number of benzene rings is 1. The number of nitrogens with zero attached hydrogens (tertiary/aromatic N) is 1. The van der Waals surface area contributed by atoms with Crippen LogP contribution in [0.1, 0.15) is 6.92 Å². The lowest BCUT2D eigenvalue weighted by molar-refractivity contribution is -0.158. The number of nitrogens with one attached hydrogen (secondary N) is 1. The maximum Gasteiger partial charge on any atom is 0.258 e. The largest absolute Gasteiger partial charge is 0.484 e. The number of ether oxygens (including phenoxy) is 1. The van der Waals surface area contributed by atoms with Crippen LogP contribution in [0.25, 0.3) is 0 Å². The summed E-state index contributed by atoms with van der Waals surface area (Å²) >= 11 is 4.33. The summed E-state index contributed by atoms with van der Waals surface area (Å²) in [5.74, 6) is -0.461. The normalized spacial score (nSPS) is 23.5. The lowest BCUT2D eigenvalue weighted by Gasteiger charge is -2.52. The van der Waals surface area contributed by atoms with Crippen molar-refractivity contribution in [3.05, 3.63) is 42.5 Å². The molecule has 1 fully saturated rings. The van der Waals surface area contributed by atoms with Gasteiger partial charge in [-0.3, -0.25) is 19.3 Å². The van der Waals surface area contributed by atoms with E-state index in [0.29, 0.717) is 17.7 Å². The first-order valence-corrected chi connectivity index (χ1v) is 7.00. The van der Waals surface area contributed by atoms with Gasteiger partial charge >= 0.3 is 0 Å². The average Bonchev–Trinajstić information content (AvgIpc) is 2.51. The fourth-order valence-electron chi connectivity index (χ4n) is 2.17. The molecule has 2 atom stereocenters. The molecule has 6 nitrogen and oxygen atoms in total. The Kier molecular flexibility index (Phi) is 4.56. The van der Waals surface area contributed by atoms with Crippen LogP contribution in [0.2, 0.25) is 0 Å². The average molecular weight is 320 g/mol. The Bertz CT molecular complexity index is 619. The molecule has 2 rings (SSSR count).